The zero-order valence-corrected chi connectivity index (χ0v) is 12.2. The lowest BCUT2D eigenvalue weighted by Gasteiger charge is -2.18. The highest BCUT2D eigenvalue weighted by molar-refractivity contribution is 7.99. The number of ether oxygens (including phenoxy) is 1. The van der Waals surface area contributed by atoms with Crippen LogP contribution in [0.3, 0.4) is 0 Å². The first-order chi connectivity index (χ1) is 8.52. The fourth-order valence-corrected chi connectivity index (χ4v) is 3.26. The van der Waals surface area contributed by atoms with E-state index in [1.165, 1.54) is 0 Å². The van der Waals surface area contributed by atoms with Crippen molar-refractivity contribution in [3.05, 3.63) is 5.82 Å². The van der Waals surface area contributed by atoms with Gasteiger partial charge in [0.25, 0.3) is 0 Å². The van der Waals surface area contributed by atoms with Crippen LogP contribution in [-0.4, -0.2) is 38.8 Å². The van der Waals surface area contributed by atoms with E-state index in [4.69, 9.17) is 10.5 Å². The number of hydrogen-bond donors (Lipinski definition) is 1. The van der Waals surface area contributed by atoms with Gasteiger partial charge < -0.3 is 15.0 Å². The molecule has 1 aromatic rings. The summed E-state index contributed by atoms with van der Waals surface area (Å²) in [7, 11) is 0. The van der Waals surface area contributed by atoms with Crippen LogP contribution in [0.4, 0.5) is 0 Å². The lowest BCUT2D eigenvalue weighted by atomic mass is 10.1. The lowest BCUT2D eigenvalue weighted by Crippen LogP contribution is -2.21. The molecule has 18 heavy (non-hydrogen) atoms. The van der Waals surface area contributed by atoms with E-state index in [2.05, 4.69) is 28.6 Å². The first-order valence-electron chi connectivity index (χ1n) is 6.42. The van der Waals surface area contributed by atoms with Gasteiger partial charge in [0.05, 0.1) is 11.7 Å². The van der Waals surface area contributed by atoms with Gasteiger partial charge in [-0.15, -0.1) is 10.2 Å². The minimum atomic E-state index is 0.0338. The largest absolute Gasteiger partial charge is 0.371 e. The standard InChI is InChI=1S/C12H22N4OS/c1-9-14-15-11(16(9)7-6-13)18-8-10-4-5-12(2,3)17-10/h10H,4-8,13H2,1-3H3. The third kappa shape index (κ3) is 3.24. The summed E-state index contributed by atoms with van der Waals surface area (Å²) >= 11 is 1.71. The fourth-order valence-electron chi connectivity index (χ4n) is 2.22. The van der Waals surface area contributed by atoms with Gasteiger partial charge in [-0.1, -0.05) is 11.8 Å². The summed E-state index contributed by atoms with van der Waals surface area (Å²) in [5.74, 6) is 1.86. The van der Waals surface area contributed by atoms with E-state index in [-0.39, 0.29) is 5.60 Å². The van der Waals surface area contributed by atoms with Crippen molar-refractivity contribution in [1.82, 2.24) is 14.8 Å². The van der Waals surface area contributed by atoms with Crippen molar-refractivity contribution in [3.63, 3.8) is 0 Å². The van der Waals surface area contributed by atoms with Crippen molar-refractivity contribution in [2.45, 2.75) is 57.0 Å². The Hall–Kier alpha value is -0.590. The maximum absolute atomic E-state index is 5.97. The predicted molar refractivity (Wildman–Crippen MR) is 72.7 cm³/mol. The number of aromatic nitrogens is 3. The van der Waals surface area contributed by atoms with Gasteiger partial charge in [0.1, 0.15) is 5.82 Å². The van der Waals surface area contributed by atoms with E-state index in [1.54, 1.807) is 11.8 Å². The second kappa shape index (κ2) is 5.59. The number of aryl methyl sites for hydroxylation is 1. The average Bonchev–Trinajstić information content (AvgIpc) is 2.82. The van der Waals surface area contributed by atoms with E-state index < -0.39 is 0 Å². The molecule has 1 fully saturated rings. The van der Waals surface area contributed by atoms with Crippen LogP contribution in [0.1, 0.15) is 32.5 Å². The molecule has 0 spiro atoms. The van der Waals surface area contributed by atoms with E-state index in [0.717, 1.165) is 36.1 Å². The zero-order valence-electron chi connectivity index (χ0n) is 11.3. The monoisotopic (exact) mass is 270 g/mol. The molecule has 1 aliphatic rings. The third-order valence-electron chi connectivity index (χ3n) is 3.21. The Balaban J connectivity index is 1.91. The van der Waals surface area contributed by atoms with Gasteiger partial charge in [0.2, 0.25) is 0 Å². The molecule has 0 saturated carbocycles. The van der Waals surface area contributed by atoms with Crippen LogP contribution in [0.5, 0.6) is 0 Å². The van der Waals surface area contributed by atoms with E-state index in [9.17, 15) is 0 Å². The Morgan fingerprint density at radius 2 is 2.28 bits per heavy atom. The first kappa shape index (κ1) is 13.8. The van der Waals surface area contributed by atoms with Crippen LogP contribution in [0.25, 0.3) is 0 Å². The van der Waals surface area contributed by atoms with Crippen LogP contribution in [0.15, 0.2) is 5.16 Å². The molecule has 0 radical (unpaired) electrons. The van der Waals surface area contributed by atoms with Gasteiger partial charge in [-0.25, -0.2) is 0 Å². The molecular weight excluding hydrogens is 248 g/mol. The first-order valence-corrected chi connectivity index (χ1v) is 7.41. The van der Waals surface area contributed by atoms with E-state index >= 15 is 0 Å². The number of thioether (sulfide) groups is 1. The molecule has 1 aliphatic heterocycles. The Morgan fingerprint density at radius 3 is 2.89 bits per heavy atom. The number of hydrogen-bond acceptors (Lipinski definition) is 5. The molecule has 6 heteroatoms. The molecule has 1 unspecified atom stereocenters. The van der Waals surface area contributed by atoms with Crippen molar-refractivity contribution in [1.29, 1.82) is 0 Å². The fraction of sp³-hybridized carbons (Fsp3) is 0.833. The summed E-state index contributed by atoms with van der Waals surface area (Å²) in [6.45, 7) is 7.65. The zero-order chi connectivity index (χ0) is 13.2. The Bertz CT molecular complexity index is 405. The smallest absolute Gasteiger partial charge is 0.191 e. The highest BCUT2D eigenvalue weighted by atomic mass is 32.2. The van der Waals surface area contributed by atoms with Gasteiger partial charge in [0, 0.05) is 18.8 Å². The minimum Gasteiger partial charge on any atom is -0.371 e. The van der Waals surface area contributed by atoms with Gasteiger partial charge in [-0.2, -0.15) is 0 Å². The van der Waals surface area contributed by atoms with Crippen LogP contribution in [-0.2, 0) is 11.3 Å². The second-order valence-electron chi connectivity index (χ2n) is 5.32. The van der Waals surface area contributed by atoms with Crippen LogP contribution in [0.2, 0.25) is 0 Å². The van der Waals surface area contributed by atoms with Crippen LogP contribution < -0.4 is 5.73 Å². The molecule has 2 heterocycles. The maximum atomic E-state index is 5.97. The van der Waals surface area contributed by atoms with Crippen LogP contribution in [0, 0.1) is 6.92 Å². The molecule has 0 amide bonds. The van der Waals surface area contributed by atoms with Crippen molar-refractivity contribution >= 4 is 11.8 Å². The average molecular weight is 270 g/mol. The summed E-state index contributed by atoms with van der Waals surface area (Å²) < 4.78 is 8.05. The van der Waals surface area contributed by atoms with Gasteiger partial charge in [-0.05, 0) is 33.6 Å². The summed E-state index contributed by atoms with van der Waals surface area (Å²) in [6, 6.07) is 0. The van der Waals surface area contributed by atoms with E-state index in [1.807, 2.05) is 6.92 Å². The molecule has 0 aromatic carbocycles. The lowest BCUT2D eigenvalue weighted by molar-refractivity contribution is -0.00469. The molecular formula is C12H22N4OS. The summed E-state index contributed by atoms with van der Waals surface area (Å²) in [6.07, 6.45) is 2.59. The highest BCUT2D eigenvalue weighted by Gasteiger charge is 2.31. The normalized spacial score (nSPS) is 22.6. The quantitative estimate of drug-likeness (QED) is 0.823. The van der Waals surface area contributed by atoms with E-state index in [0.29, 0.717) is 12.6 Å². The van der Waals surface area contributed by atoms with Crippen LogP contribution >= 0.6 is 11.8 Å². The topological polar surface area (TPSA) is 66.0 Å². The molecule has 2 N–H and O–H groups in total. The van der Waals surface area contributed by atoms with Gasteiger partial charge >= 0.3 is 0 Å². The van der Waals surface area contributed by atoms with Gasteiger partial charge in [-0.3, -0.25) is 0 Å². The molecule has 5 nitrogen and oxygen atoms in total. The molecule has 1 atom stereocenters. The molecule has 0 bridgehead atoms. The Labute approximate surface area is 112 Å². The summed E-state index contributed by atoms with van der Waals surface area (Å²) in [5, 5.41) is 9.25. The Kier molecular flexibility index (Phi) is 4.29. The summed E-state index contributed by atoms with van der Waals surface area (Å²) in [5.41, 5.74) is 5.63. The molecule has 2 rings (SSSR count). The summed E-state index contributed by atoms with van der Waals surface area (Å²) in [4.78, 5) is 0. The number of nitrogens with zero attached hydrogens (tertiary/aromatic N) is 3. The molecule has 1 saturated heterocycles. The van der Waals surface area contributed by atoms with Crippen molar-refractivity contribution in [2.24, 2.45) is 5.73 Å². The number of nitrogens with two attached hydrogens (primary N) is 1. The minimum absolute atomic E-state index is 0.0338. The van der Waals surface area contributed by atoms with Crippen molar-refractivity contribution in [3.8, 4) is 0 Å². The molecule has 1 aromatic heterocycles. The predicted octanol–water partition coefficient (Wildman–Crippen LogP) is 1.59. The van der Waals surface area contributed by atoms with Gasteiger partial charge in [0.15, 0.2) is 5.16 Å². The SMILES string of the molecule is Cc1nnc(SCC2CCC(C)(C)O2)n1CCN. The maximum Gasteiger partial charge on any atom is 0.191 e. The van der Waals surface area contributed by atoms with Crippen molar-refractivity contribution < 1.29 is 4.74 Å². The second-order valence-corrected chi connectivity index (χ2v) is 6.31. The van der Waals surface area contributed by atoms with Crippen molar-refractivity contribution in [2.75, 3.05) is 12.3 Å². The number of rotatable bonds is 5. The Morgan fingerprint density at radius 1 is 1.50 bits per heavy atom. The molecule has 0 aliphatic carbocycles. The highest BCUT2D eigenvalue weighted by Crippen LogP contribution is 2.32. The third-order valence-corrected chi connectivity index (χ3v) is 4.31. The molecule has 102 valence electrons.